The lowest BCUT2D eigenvalue weighted by Gasteiger charge is -2.09. The minimum absolute atomic E-state index is 0.175. The van der Waals surface area contributed by atoms with Crippen molar-refractivity contribution in [3.63, 3.8) is 0 Å². The first-order chi connectivity index (χ1) is 8.78. The third kappa shape index (κ3) is 2.81. The molecule has 102 valence electrons. The van der Waals surface area contributed by atoms with Gasteiger partial charge in [0.1, 0.15) is 5.75 Å². The van der Waals surface area contributed by atoms with Crippen LogP contribution in [0.25, 0.3) is 11.3 Å². The van der Waals surface area contributed by atoms with Gasteiger partial charge in [-0.3, -0.25) is 14.6 Å². The number of hydrogen-bond donors (Lipinski definition) is 1. The number of nitrogens with zero attached hydrogens (tertiary/aromatic N) is 1. The Morgan fingerprint density at radius 3 is 2.21 bits per heavy atom. The number of H-pyrrole nitrogens is 1. The SMILES string of the molecule is Cc1c(-c2ccc(OC(F)(F)F)cc2)[nH]n(C)c1=O. The van der Waals surface area contributed by atoms with Crippen molar-refractivity contribution >= 4 is 0 Å². The number of aromatic amines is 1. The summed E-state index contributed by atoms with van der Waals surface area (Å²) in [5.74, 6) is -0.299. The number of benzene rings is 1. The van der Waals surface area contributed by atoms with Gasteiger partial charge in [-0.2, -0.15) is 0 Å². The highest BCUT2D eigenvalue weighted by molar-refractivity contribution is 5.63. The van der Waals surface area contributed by atoms with Crippen molar-refractivity contribution in [2.24, 2.45) is 7.05 Å². The fourth-order valence-electron chi connectivity index (χ4n) is 1.77. The first-order valence-corrected chi connectivity index (χ1v) is 5.40. The van der Waals surface area contributed by atoms with Crippen molar-refractivity contribution in [1.29, 1.82) is 0 Å². The van der Waals surface area contributed by atoms with E-state index in [2.05, 4.69) is 9.84 Å². The van der Waals surface area contributed by atoms with E-state index in [1.807, 2.05) is 0 Å². The van der Waals surface area contributed by atoms with E-state index in [9.17, 15) is 18.0 Å². The van der Waals surface area contributed by atoms with Crippen LogP contribution in [0.1, 0.15) is 5.56 Å². The molecule has 1 N–H and O–H groups in total. The fourth-order valence-corrected chi connectivity index (χ4v) is 1.77. The molecule has 2 aromatic rings. The maximum atomic E-state index is 12.0. The molecule has 0 aliphatic carbocycles. The van der Waals surface area contributed by atoms with Crippen LogP contribution in [0.2, 0.25) is 0 Å². The summed E-state index contributed by atoms with van der Waals surface area (Å²) in [5.41, 5.74) is 1.52. The van der Waals surface area contributed by atoms with Crippen molar-refractivity contribution in [2.75, 3.05) is 0 Å². The average Bonchev–Trinajstić information content (AvgIpc) is 2.56. The number of ether oxygens (including phenoxy) is 1. The van der Waals surface area contributed by atoms with Gasteiger partial charge in [0, 0.05) is 18.2 Å². The Morgan fingerprint density at radius 1 is 1.21 bits per heavy atom. The van der Waals surface area contributed by atoms with Gasteiger partial charge >= 0.3 is 6.36 Å². The molecule has 1 heterocycles. The van der Waals surface area contributed by atoms with Crippen molar-refractivity contribution < 1.29 is 17.9 Å². The Hall–Kier alpha value is -2.18. The molecule has 0 fully saturated rings. The molecule has 0 radical (unpaired) electrons. The van der Waals surface area contributed by atoms with E-state index >= 15 is 0 Å². The Kier molecular flexibility index (Phi) is 3.13. The molecule has 1 aromatic heterocycles. The summed E-state index contributed by atoms with van der Waals surface area (Å²) in [4.78, 5) is 11.6. The highest BCUT2D eigenvalue weighted by atomic mass is 19.4. The summed E-state index contributed by atoms with van der Waals surface area (Å²) in [6, 6.07) is 5.32. The highest BCUT2D eigenvalue weighted by Gasteiger charge is 2.31. The minimum atomic E-state index is -4.71. The van der Waals surface area contributed by atoms with Crippen LogP contribution in [0.5, 0.6) is 5.75 Å². The lowest BCUT2D eigenvalue weighted by molar-refractivity contribution is -0.274. The molecule has 19 heavy (non-hydrogen) atoms. The van der Waals surface area contributed by atoms with Gasteiger partial charge in [0.25, 0.3) is 5.56 Å². The lowest BCUT2D eigenvalue weighted by Crippen LogP contribution is -2.16. The summed E-state index contributed by atoms with van der Waals surface area (Å²) >= 11 is 0. The second-order valence-electron chi connectivity index (χ2n) is 4.05. The van der Waals surface area contributed by atoms with Gasteiger partial charge in [0.2, 0.25) is 0 Å². The number of hydrogen-bond acceptors (Lipinski definition) is 2. The molecule has 1 aromatic carbocycles. The standard InChI is InChI=1S/C12H11F3N2O2/c1-7-10(16-17(2)11(7)18)8-3-5-9(6-4-8)19-12(13,14)15/h3-6,16H,1-2H3. The van der Waals surface area contributed by atoms with Crippen LogP contribution in [-0.4, -0.2) is 16.1 Å². The van der Waals surface area contributed by atoms with Crippen LogP contribution in [0.4, 0.5) is 13.2 Å². The number of aryl methyl sites for hydroxylation is 1. The molecule has 7 heteroatoms. The average molecular weight is 272 g/mol. The molecule has 0 atom stereocenters. The van der Waals surface area contributed by atoms with Crippen molar-refractivity contribution in [3.8, 4) is 17.0 Å². The third-order valence-electron chi connectivity index (χ3n) is 2.66. The molecule has 2 rings (SSSR count). The van der Waals surface area contributed by atoms with E-state index in [1.54, 1.807) is 14.0 Å². The van der Waals surface area contributed by atoms with Crippen LogP contribution >= 0.6 is 0 Å². The molecule has 0 amide bonds. The summed E-state index contributed by atoms with van der Waals surface area (Å²) in [6.45, 7) is 1.65. The van der Waals surface area contributed by atoms with Crippen molar-refractivity contribution in [1.82, 2.24) is 9.78 Å². The van der Waals surface area contributed by atoms with Gasteiger partial charge in [-0.25, -0.2) is 0 Å². The first-order valence-electron chi connectivity index (χ1n) is 5.40. The molecule has 0 saturated heterocycles. The summed E-state index contributed by atoms with van der Waals surface area (Å²) in [6.07, 6.45) is -4.71. The third-order valence-corrected chi connectivity index (χ3v) is 2.66. The Balaban J connectivity index is 2.33. The second kappa shape index (κ2) is 4.49. The van der Waals surface area contributed by atoms with Crippen LogP contribution in [-0.2, 0) is 7.05 Å². The predicted octanol–water partition coefficient (Wildman–Crippen LogP) is 2.59. The first kappa shape index (κ1) is 13.3. The maximum absolute atomic E-state index is 12.0. The maximum Gasteiger partial charge on any atom is 0.573 e. The number of rotatable bonds is 2. The number of aromatic nitrogens is 2. The largest absolute Gasteiger partial charge is 0.573 e. The lowest BCUT2D eigenvalue weighted by atomic mass is 10.1. The normalized spacial score (nSPS) is 11.6. The summed E-state index contributed by atoms with van der Waals surface area (Å²) in [5, 5.41) is 2.84. The molecule has 0 bridgehead atoms. The van der Waals surface area contributed by atoms with E-state index in [-0.39, 0.29) is 11.3 Å². The Bertz CT molecular complexity index is 638. The molecular weight excluding hydrogens is 261 g/mol. The second-order valence-corrected chi connectivity index (χ2v) is 4.05. The molecule has 0 spiro atoms. The minimum Gasteiger partial charge on any atom is -0.406 e. The van der Waals surface area contributed by atoms with Crippen LogP contribution in [0.3, 0.4) is 0 Å². The smallest absolute Gasteiger partial charge is 0.406 e. The van der Waals surface area contributed by atoms with Crippen LogP contribution < -0.4 is 10.3 Å². The van der Waals surface area contributed by atoms with Gasteiger partial charge in [-0.05, 0) is 31.2 Å². The van der Waals surface area contributed by atoms with E-state index in [0.29, 0.717) is 16.8 Å². The Morgan fingerprint density at radius 2 is 1.79 bits per heavy atom. The monoisotopic (exact) mass is 272 g/mol. The van der Waals surface area contributed by atoms with Crippen LogP contribution in [0.15, 0.2) is 29.1 Å². The quantitative estimate of drug-likeness (QED) is 0.913. The molecular formula is C12H11F3N2O2. The zero-order valence-electron chi connectivity index (χ0n) is 10.2. The van der Waals surface area contributed by atoms with Gasteiger partial charge in [-0.1, -0.05) is 0 Å². The van der Waals surface area contributed by atoms with E-state index in [1.165, 1.54) is 28.9 Å². The summed E-state index contributed by atoms with van der Waals surface area (Å²) < 4.78 is 41.1. The number of alkyl halides is 3. The molecule has 0 aliphatic rings. The topological polar surface area (TPSA) is 47.0 Å². The zero-order valence-corrected chi connectivity index (χ0v) is 10.2. The molecule has 0 unspecified atom stereocenters. The zero-order chi connectivity index (χ0) is 14.2. The fraction of sp³-hybridized carbons (Fsp3) is 0.250. The van der Waals surface area contributed by atoms with E-state index < -0.39 is 6.36 Å². The molecule has 0 saturated carbocycles. The number of nitrogens with one attached hydrogen (secondary N) is 1. The van der Waals surface area contributed by atoms with Crippen molar-refractivity contribution in [2.45, 2.75) is 13.3 Å². The predicted molar refractivity (Wildman–Crippen MR) is 62.9 cm³/mol. The molecule has 0 aliphatic heterocycles. The van der Waals surface area contributed by atoms with Crippen molar-refractivity contribution in [3.05, 3.63) is 40.2 Å². The van der Waals surface area contributed by atoms with Gasteiger partial charge in [0.05, 0.1) is 5.69 Å². The highest BCUT2D eigenvalue weighted by Crippen LogP contribution is 2.26. The van der Waals surface area contributed by atoms with Crippen LogP contribution in [0, 0.1) is 6.92 Å². The van der Waals surface area contributed by atoms with E-state index in [4.69, 9.17) is 0 Å². The van der Waals surface area contributed by atoms with Gasteiger partial charge < -0.3 is 4.74 Å². The molecule has 4 nitrogen and oxygen atoms in total. The van der Waals surface area contributed by atoms with E-state index in [0.717, 1.165) is 0 Å². The Labute approximate surface area is 106 Å². The summed E-state index contributed by atoms with van der Waals surface area (Å²) in [7, 11) is 1.57. The van der Waals surface area contributed by atoms with Gasteiger partial charge in [-0.15, -0.1) is 13.2 Å². The number of halogens is 3. The van der Waals surface area contributed by atoms with Gasteiger partial charge in [0.15, 0.2) is 0 Å².